The molecule has 1 aromatic heterocycles. The van der Waals surface area contributed by atoms with Gasteiger partial charge in [-0.15, -0.1) is 0 Å². The van der Waals surface area contributed by atoms with Crippen molar-refractivity contribution >= 4 is 50.1 Å². The Labute approximate surface area is 193 Å². The van der Waals surface area contributed by atoms with Crippen LogP contribution in [0.25, 0.3) is 0 Å². The molecule has 2 heterocycles. The molecule has 7 nitrogen and oxygen atoms in total. The molecule has 1 fully saturated rings. The van der Waals surface area contributed by atoms with Crippen LogP contribution in [0.3, 0.4) is 0 Å². The van der Waals surface area contributed by atoms with Crippen molar-refractivity contribution in [3.63, 3.8) is 0 Å². The predicted molar refractivity (Wildman–Crippen MR) is 130 cm³/mol. The molecule has 1 unspecified atom stereocenters. The molecule has 3 aromatic rings. The largest absolute Gasteiger partial charge is 0.367 e. The maximum absolute atomic E-state index is 12.5. The first kappa shape index (κ1) is 22.4. The molecular formula is C23H26ClN5O2S. The Hall–Kier alpha value is -2.84. The molecule has 1 atom stereocenters. The SMILES string of the molecule is CCS(=O)(=O)c1ccc(N2CCCC2C)c(Nc2cc(Nc3ccc(Cl)cc3)ncn2)c1. The van der Waals surface area contributed by atoms with Gasteiger partial charge < -0.3 is 15.5 Å². The van der Waals surface area contributed by atoms with Crippen LogP contribution >= 0.6 is 11.6 Å². The van der Waals surface area contributed by atoms with Crippen molar-refractivity contribution in [2.75, 3.05) is 27.8 Å². The van der Waals surface area contributed by atoms with Gasteiger partial charge in [0.05, 0.1) is 22.0 Å². The Kier molecular flexibility index (Phi) is 6.53. The third-order valence-corrected chi connectivity index (χ3v) is 7.60. The summed E-state index contributed by atoms with van der Waals surface area (Å²) in [5.74, 6) is 1.23. The number of benzene rings is 2. The van der Waals surface area contributed by atoms with Gasteiger partial charge in [0.15, 0.2) is 9.84 Å². The molecule has 0 bridgehead atoms. The van der Waals surface area contributed by atoms with Crippen molar-refractivity contribution in [1.29, 1.82) is 0 Å². The highest BCUT2D eigenvalue weighted by Gasteiger charge is 2.24. The molecule has 2 N–H and O–H groups in total. The number of sulfone groups is 1. The van der Waals surface area contributed by atoms with Crippen LogP contribution in [0.1, 0.15) is 26.7 Å². The summed E-state index contributed by atoms with van der Waals surface area (Å²) in [6, 6.07) is 14.8. The lowest BCUT2D eigenvalue weighted by atomic mass is 10.2. The molecule has 0 radical (unpaired) electrons. The molecule has 9 heteroatoms. The highest BCUT2D eigenvalue weighted by Crippen LogP contribution is 2.35. The zero-order valence-electron chi connectivity index (χ0n) is 18.0. The zero-order valence-corrected chi connectivity index (χ0v) is 19.6. The Morgan fingerprint density at radius 3 is 2.44 bits per heavy atom. The fourth-order valence-corrected chi connectivity index (χ4v) is 4.86. The molecule has 168 valence electrons. The van der Waals surface area contributed by atoms with E-state index in [2.05, 4.69) is 32.4 Å². The van der Waals surface area contributed by atoms with Gasteiger partial charge in [0, 0.05) is 29.4 Å². The molecule has 0 amide bonds. The molecule has 1 saturated heterocycles. The minimum atomic E-state index is -3.33. The fourth-order valence-electron chi connectivity index (χ4n) is 3.83. The van der Waals surface area contributed by atoms with Crippen molar-refractivity contribution < 1.29 is 8.42 Å². The predicted octanol–water partition coefficient (Wildman–Crippen LogP) is 5.40. The molecule has 1 aliphatic rings. The topological polar surface area (TPSA) is 87.2 Å². The Morgan fingerprint density at radius 1 is 1.06 bits per heavy atom. The molecule has 0 spiro atoms. The van der Waals surface area contributed by atoms with Gasteiger partial charge in [0.25, 0.3) is 0 Å². The van der Waals surface area contributed by atoms with E-state index in [1.165, 1.54) is 6.33 Å². The van der Waals surface area contributed by atoms with Crippen LogP contribution in [0.15, 0.2) is 59.8 Å². The summed E-state index contributed by atoms with van der Waals surface area (Å²) in [6.07, 6.45) is 3.68. The molecular weight excluding hydrogens is 446 g/mol. The van der Waals surface area contributed by atoms with Gasteiger partial charge in [-0.2, -0.15) is 0 Å². The molecule has 0 aliphatic carbocycles. The van der Waals surface area contributed by atoms with E-state index < -0.39 is 9.84 Å². The summed E-state index contributed by atoms with van der Waals surface area (Å²) in [4.78, 5) is 11.2. The van der Waals surface area contributed by atoms with Crippen molar-refractivity contribution in [3.8, 4) is 0 Å². The third kappa shape index (κ3) is 4.97. The number of hydrogen-bond donors (Lipinski definition) is 2. The van der Waals surface area contributed by atoms with Gasteiger partial charge in [-0.05, 0) is 62.2 Å². The standard InChI is InChI=1S/C23H26ClN5O2S/c1-3-32(30,31)19-10-11-21(29-12-4-5-16(29)2)20(13-19)28-23-14-22(25-15-26-23)27-18-8-6-17(24)7-9-18/h6-11,13-16H,3-5,12H2,1-2H3,(H2,25,26,27,28). The van der Waals surface area contributed by atoms with Crippen LogP contribution in [0, 0.1) is 0 Å². The van der Waals surface area contributed by atoms with Crippen LogP contribution in [-0.4, -0.2) is 36.7 Å². The highest BCUT2D eigenvalue weighted by molar-refractivity contribution is 7.91. The summed E-state index contributed by atoms with van der Waals surface area (Å²) in [7, 11) is -3.33. The van der Waals surface area contributed by atoms with E-state index in [1.807, 2.05) is 18.2 Å². The van der Waals surface area contributed by atoms with E-state index >= 15 is 0 Å². The second-order valence-corrected chi connectivity index (χ2v) is 10.5. The van der Waals surface area contributed by atoms with Crippen LogP contribution in [-0.2, 0) is 9.84 Å². The van der Waals surface area contributed by atoms with E-state index in [9.17, 15) is 8.42 Å². The number of rotatable bonds is 7. The average molecular weight is 472 g/mol. The molecule has 2 aromatic carbocycles. The van der Waals surface area contributed by atoms with E-state index in [0.717, 1.165) is 30.8 Å². The van der Waals surface area contributed by atoms with Crippen LogP contribution in [0.2, 0.25) is 5.02 Å². The third-order valence-electron chi connectivity index (χ3n) is 5.62. The monoisotopic (exact) mass is 471 g/mol. The lowest BCUT2D eigenvalue weighted by Crippen LogP contribution is -2.27. The van der Waals surface area contributed by atoms with Gasteiger partial charge in [-0.3, -0.25) is 0 Å². The quantitative estimate of drug-likeness (QED) is 0.477. The van der Waals surface area contributed by atoms with Gasteiger partial charge in [0.2, 0.25) is 0 Å². The first-order valence-corrected chi connectivity index (χ1v) is 12.6. The summed E-state index contributed by atoms with van der Waals surface area (Å²) in [5.41, 5.74) is 2.53. The summed E-state index contributed by atoms with van der Waals surface area (Å²) in [6.45, 7) is 4.77. The fraction of sp³-hybridized carbons (Fsp3) is 0.304. The zero-order chi connectivity index (χ0) is 22.7. The van der Waals surface area contributed by atoms with Crippen molar-refractivity contribution in [3.05, 3.63) is 59.9 Å². The van der Waals surface area contributed by atoms with E-state index in [4.69, 9.17) is 11.6 Å². The van der Waals surface area contributed by atoms with Crippen molar-refractivity contribution in [2.45, 2.75) is 37.6 Å². The van der Waals surface area contributed by atoms with Gasteiger partial charge in [-0.25, -0.2) is 18.4 Å². The first-order chi connectivity index (χ1) is 15.4. The number of aromatic nitrogens is 2. The van der Waals surface area contributed by atoms with E-state index in [-0.39, 0.29) is 5.75 Å². The number of anilines is 5. The van der Waals surface area contributed by atoms with Gasteiger partial charge >= 0.3 is 0 Å². The number of nitrogens with zero attached hydrogens (tertiary/aromatic N) is 3. The van der Waals surface area contributed by atoms with Crippen molar-refractivity contribution in [1.82, 2.24) is 9.97 Å². The van der Waals surface area contributed by atoms with E-state index in [0.29, 0.717) is 33.3 Å². The minimum absolute atomic E-state index is 0.0502. The lowest BCUT2D eigenvalue weighted by Gasteiger charge is -2.27. The second-order valence-electron chi connectivity index (χ2n) is 7.81. The summed E-state index contributed by atoms with van der Waals surface area (Å²) < 4.78 is 25.0. The minimum Gasteiger partial charge on any atom is -0.367 e. The molecule has 1 aliphatic heterocycles. The second kappa shape index (κ2) is 9.34. The number of halogens is 1. The summed E-state index contributed by atoms with van der Waals surface area (Å²) in [5, 5.41) is 7.20. The first-order valence-electron chi connectivity index (χ1n) is 10.6. The Balaban J connectivity index is 1.66. The molecule has 4 rings (SSSR count). The van der Waals surface area contributed by atoms with Crippen LogP contribution in [0.5, 0.6) is 0 Å². The van der Waals surface area contributed by atoms with E-state index in [1.54, 1.807) is 37.3 Å². The molecule has 32 heavy (non-hydrogen) atoms. The van der Waals surface area contributed by atoms with Gasteiger partial charge in [-0.1, -0.05) is 18.5 Å². The van der Waals surface area contributed by atoms with Crippen LogP contribution in [0.4, 0.5) is 28.7 Å². The maximum Gasteiger partial charge on any atom is 0.178 e. The Morgan fingerprint density at radius 2 is 1.78 bits per heavy atom. The van der Waals surface area contributed by atoms with Crippen molar-refractivity contribution in [2.24, 2.45) is 0 Å². The lowest BCUT2D eigenvalue weighted by molar-refractivity contribution is 0.597. The summed E-state index contributed by atoms with van der Waals surface area (Å²) >= 11 is 5.95. The number of nitrogens with one attached hydrogen (secondary N) is 2. The smallest absolute Gasteiger partial charge is 0.178 e. The normalized spacial score (nSPS) is 16.2. The number of hydrogen-bond acceptors (Lipinski definition) is 7. The molecule has 0 saturated carbocycles. The Bertz CT molecular complexity index is 1200. The van der Waals surface area contributed by atoms with Crippen LogP contribution < -0.4 is 15.5 Å². The average Bonchev–Trinajstić information content (AvgIpc) is 3.21. The maximum atomic E-state index is 12.5. The van der Waals surface area contributed by atoms with Gasteiger partial charge in [0.1, 0.15) is 18.0 Å². The highest BCUT2D eigenvalue weighted by atomic mass is 35.5.